The molecule has 0 spiro atoms. The van der Waals surface area contributed by atoms with Crippen molar-refractivity contribution in [3.05, 3.63) is 52.3 Å². The first-order valence-electron chi connectivity index (χ1n) is 9.14. The van der Waals surface area contributed by atoms with Crippen LogP contribution in [0.1, 0.15) is 44.4 Å². The fourth-order valence-corrected chi connectivity index (χ4v) is 4.37. The summed E-state index contributed by atoms with van der Waals surface area (Å²) in [4.78, 5) is 4.78. The number of rotatable bonds is 4. The molecule has 0 saturated carbocycles. The van der Waals surface area contributed by atoms with E-state index < -0.39 is 0 Å². The Bertz CT molecular complexity index is 1130. The lowest BCUT2D eigenvalue weighted by Crippen LogP contribution is -1.99. The summed E-state index contributed by atoms with van der Waals surface area (Å²) in [5, 5.41) is 3.60. The van der Waals surface area contributed by atoms with Crippen molar-refractivity contribution >= 4 is 43.3 Å². The maximum absolute atomic E-state index is 5.48. The summed E-state index contributed by atoms with van der Waals surface area (Å²) in [6, 6.07) is 10.9. The van der Waals surface area contributed by atoms with E-state index in [-0.39, 0.29) is 0 Å². The van der Waals surface area contributed by atoms with Crippen molar-refractivity contribution in [2.24, 2.45) is 0 Å². The Labute approximate surface area is 162 Å². The molecule has 4 heteroatoms. The third kappa shape index (κ3) is 2.59. The van der Waals surface area contributed by atoms with E-state index in [2.05, 4.69) is 65.4 Å². The third-order valence-electron chi connectivity index (χ3n) is 5.07. The van der Waals surface area contributed by atoms with E-state index in [0.29, 0.717) is 5.92 Å². The largest absolute Gasteiger partial charge is 0.497 e. The van der Waals surface area contributed by atoms with E-state index in [0.717, 1.165) is 34.1 Å². The second-order valence-corrected chi connectivity index (χ2v) is 7.98. The number of nitrogens with zero attached hydrogens (tertiary/aromatic N) is 2. The number of ether oxygens (including phenoxy) is 1. The van der Waals surface area contributed by atoms with Crippen LogP contribution in [-0.2, 0) is 6.42 Å². The van der Waals surface area contributed by atoms with Gasteiger partial charge in [0.15, 0.2) is 0 Å². The molecule has 2 aromatic carbocycles. The third-order valence-corrected chi connectivity index (χ3v) is 5.68. The summed E-state index contributed by atoms with van der Waals surface area (Å²) in [5.74, 6) is 1.33. The van der Waals surface area contributed by atoms with E-state index in [1.165, 1.54) is 27.5 Å². The standard InChI is InChI=1S/C22H23BrN2O/c1-5-6-15-12-24-22-19-11-16(26-4)7-8-17(19)18-9-14(13(2)3)10-20(23)21(18)25(15)22/h7-13H,5-6H2,1-4H3. The van der Waals surface area contributed by atoms with Crippen LogP contribution in [0.2, 0.25) is 0 Å². The first kappa shape index (κ1) is 17.3. The highest BCUT2D eigenvalue weighted by atomic mass is 79.9. The van der Waals surface area contributed by atoms with Gasteiger partial charge in [-0.25, -0.2) is 4.98 Å². The van der Waals surface area contributed by atoms with Crippen LogP contribution in [0.3, 0.4) is 0 Å². The molecule has 0 aliphatic carbocycles. The monoisotopic (exact) mass is 410 g/mol. The zero-order chi connectivity index (χ0) is 18.4. The molecule has 0 unspecified atom stereocenters. The summed E-state index contributed by atoms with van der Waals surface area (Å²) in [7, 11) is 1.71. The molecule has 4 aromatic rings. The molecular formula is C22H23BrN2O. The molecule has 0 bridgehead atoms. The molecule has 2 heterocycles. The number of imidazole rings is 1. The number of hydrogen-bond donors (Lipinski definition) is 0. The number of fused-ring (bicyclic) bond motifs is 6. The topological polar surface area (TPSA) is 26.5 Å². The minimum absolute atomic E-state index is 0.470. The van der Waals surface area contributed by atoms with Crippen LogP contribution in [0.5, 0.6) is 5.75 Å². The molecule has 4 rings (SSSR count). The van der Waals surface area contributed by atoms with E-state index in [1.807, 2.05) is 12.3 Å². The zero-order valence-corrected chi connectivity index (χ0v) is 17.2. The molecule has 2 aromatic heterocycles. The van der Waals surface area contributed by atoms with Crippen LogP contribution >= 0.6 is 15.9 Å². The van der Waals surface area contributed by atoms with Crippen molar-refractivity contribution < 1.29 is 4.74 Å². The van der Waals surface area contributed by atoms with Gasteiger partial charge in [0.1, 0.15) is 11.4 Å². The van der Waals surface area contributed by atoms with Crippen molar-refractivity contribution in [3.8, 4) is 5.75 Å². The summed E-state index contributed by atoms with van der Waals surface area (Å²) in [6.07, 6.45) is 4.11. The molecule has 0 atom stereocenters. The van der Waals surface area contributed by atoms with Gasteiger partial charge in [-0.05, 0) is 69.6 Å². The molecule has 26 heavy (non-hydrogen) atoms. The van der Waals surface area contributed by atoms with Crippen LogP contribution < -0.4 is 4.74 Å². The smallest absolute Gasteiger partial charge is 0.145 e. The van der Waals surface area contributed by atoms with Crippen LogP contribution in [0.25, 0.3) is 27.3 Å². The molecule has 0 N–H and O–H groups in total. The van der Waals surface area contributed by atoms with Gasteiger partial charge in [0, 0.05) is 27.1 Å². The highest BCUT2D eigenvalue weighted by molar-refractivity contribution is 9.10. The van der Waals surface area contributed by atoms with Gasteiger partial charge in [-0.1, -0.05) is 27.2 Å². The molecule has 0 amide bonds. The number of methoxy groups -OCH3 is 1. The summed E-state index contributed by atoms with van der Waals surface area (Å²) >= 11 is 3.85. The van der Waals surface area contributed by atoms with Gasteiger partial charge in [0.05, 0.1) is 12.6 Å². The summed E-state index contributed by atoms with van der Waals surface area (Å²) < 4.78 is 8.91. The van der Waals surface area contributed by atoms with E-state index in [4.69, 9.17) is 9.72 Å². The van der Waals surface area contributed by atoms with Crippen molar-refractivity contribution in [1.29, 1.82) is 0 Å². The van der Waals surface area contributed by atoms with Crippen LogP contribution in [0.15, 0.2) is 41.0 Å². The normalized spacial score (nSPS) is 11.9. The predicted molar refractivity (Wildman–Crippen MR) is 113 cm³/mol. The van der Waals surface area contributed by atoms with Crippen LogP contribution in [0.4, 0.5) is 0 Å². The average Bonchev–Trinajstić information content (AvgIpc) is 3.05. The Morgan fingerprint density at radius 3 is 2.62 bits per heavy atom. The lowest BCUT2D eigenvalue weighted by atomic mass is 9.98. The Hall–Kier alpha value is -2.07. The SMILES string of the molecule is CCCc1cnc2c3cc(OC)ccc3c3cc(C(C)C)cc(Br)c3n12. The maximum atomic E-state index is 5.48. The summed E-state index contributed by atoms with van der Waals surface area (Å²) in [6.45, 7) is 6.67. The maximum Gasteiger partial charge on any atom is 0.145 e. The Morgan fingerprint density at radius 1 is 1.12 bits per heavy atom. The number of halogens is 1. The first-order chi connectivity index (χ1) is 12.5. The number of benzene rings is 2. The fourth-order valence-electron chi connectivity index (χ4n) is 3.72. The van der Waals surface area contributed by atoms with Crippen molar-refractivity contribution in [2.45, 2.75) is 39.5 Å². The van der Waals surface area contributed by atoms with Gasteiger partial charge in [-0.15, -0.1) is 0 Å². The van der Waals surface area contributed by atoms with Crippen molar-refractivity contribution in [3.63, 3.8) is 0 Å². The first-order valence-corrected chi connectivity index (χ1v) is 9.93. The van der Waals surface area contributed by atoms with Gasteiger partial charge in [0.2, 0.25) is 0 Å². The quantitative estimate of drug-likeness (QED) is 0.359. The lowest BCUT2D eigenvalue weighted by Gasteiger charge is -2.15. The molecule has 0 saturated heterocycles. The van der Waals surface area contributed by atoms with Crippen molar-refractivity contribution in [1.82, 2.24) is 9.38 Å². The highest BCUT2D eigenvalue weighted by Gasteiger charge is 2.17. The lowest BCUT2D eigenvalue weighted by molar-refractivity contribution is 0.415. The molecular weight excluding hydrogens is 388 g/mol. The molecule has 0 aliphatic heterocycles. The predicted octanol–water partition coefficient (Wildman–Crippen LogP) is 6.49. The molecule has 3 nitrogen and oxygen atoms in total. The molecule has 134 valence electrons. The minimum atomic E-state index is 0.470. The van der Waals surface area contributed by atoms with E-state index in [9.17, 15) is 0 Å². The van der Waals surface area contributed by atoms with Gasteiger partial charge >= 0.3 is 0 Å². The zero-order valence-electron chi connectivity index (χ0n) is 15.6. The summed E-state index contributed by atoms with van der Waals surface area (Å²) in [5.41, 5.74) is 4.77. The average molecular weight is 411 g/mol. The van der Waals surface area contributed by atoms with Crippen LogP contribution in [-0.4, -0.2) is 16.5 Å². The highest BCUT2D eigenvalue weighted by Crippen LogP contribution is 2.37. The number of pyridine rings is 1. The van der Waals surface area contributed by atoms with Gasteiger partial charge < -0.3 is 4.74 Å². The second kappa shape index (κ2) is 6.58. The minimum Gasteiger partial charge on any atom is -0.497 e. The van der Waals surface area contributed by atoms with E-state index >= 15 is 0 Å². The number of aromatic nitrogens is 2. The number of aryl methyl sites for hydroxylation is 1. The van der Waals surface area contributed by atoms with Gasteiger partial charge in [0.25, 0.3) is 0 Å². The number of hydrogen-bond acceptors (Lipinski definition) is 2. The second-order valence-electron chi connectivity index (χ2n) is 7.12. The Morgan fingerprint density at radius 2 is 1.92 bits per heavy atom. The van der Waals surface area contributed by atoms with Gasteiger partial charge in [-0.2, -0.15) is 0 Å². The van der Waals surface area contributed by atoms with Crippen LogP contribution in [0, 0.1) is 0 Å². The Kier molecular flexibility index (Phi) is 4.39. The molecule has 0 radical (unpaired) electrons. The molecule has 0 fully saturated rings. The van der Waals surface area contributed by atoms with E-state index in [1.54, 1.807) is 7.11 Å². The van der Waals surface area contributed by atoms with Gasteiger partial charge in [-0.3, -0.25) is 4.40 Å². The fraction of sp³-hybridized carbons (Fsp3) is 0.318. The Balaban J connectivity index is 2.26. The molecule has 0 aliphatic rings. The van der Waals surface area contributed by atoms with Crippen molar-refractivity contribution in [2.75, 3.05) is 7.11 Å².